The predicted octanol–water partition coefficient (Wildman–Crippen LogP) is 1.53. The zero-order valence-electron chi connectivity index (χ0n) is 11.5. The Kier molecular flexibility index (Phi) is 4.61. The van der Waals surface area contributed by atoms with E-state index in [1.807, 2.05) is 12.1 Å². The number of aliphatic carboxylic acids is 1. The van der Waals surface area contributed by atoms with E-state index in [1.165, 1.54) is 12.5 Å². The molecule has 1 aliphatic rings. The lowest BCUT2D eigenvalue weighted by Crippen LogP contribution is -2.35. The maximum Gasteiger partial charge on any atom is 0.303 e. The van der Waals surface area contributed by atoms with E-state index < -0.39 is 5.97 Å². The van der Waals surface area contributed by atoms with Crippen LogP contribution in [0.3, 0.4) is 0 Å². The summed E-state index contributed by atoms with van der Waals surface area (Å²) in [4.78, 5) is 21.9. The molecule has 0 fully saturated rings. The highest BCUT2D eigenvalue weighted by molar-refractivity contribution is 5.73. The van der Waals surface area contributed by atoms with Gasteiger partial charge in [0.1, 0.15) is 5.75 Å². The Balaban J connectivity index is 2.02. The monoisotopic (exact) mass is 277 g/mol. The normalized spacial score (nSPS) is 14.2. The lowest BCUT2D eigenvalue weighted by molar-refractivity contribution is -0.137. The Morgan fingerprint density at radius 1 is 1.45 bits per heavy atom. The van der Waals surface area contributed by atoms with Crippen molar-refractivity contribution in [3.05, 3.63) is 29.3 Å². The first-order valence-corrected chi connectivity index (χ1v) is 6.78. The van der Waals surface area contributed by atoms with E-state index in [1.54, 1.807) is 0 Å². The van der Waals surface area contributed by atoms with Gasteiger partial charge in [-0.3, -0.25) is 9.59 Å². The summed E-state index contributed by atoms with van der Waals surface area (Å²) in [6, 6.07) is 5.85. The zero-order chi connectivity index (χ0) is 14.5. The van der Waals surface area contributed by atoms with E-state index in [2.05, 4.69) is 11.4 Å². The topological polar surface area (TPSA) is 75.6 Å². The molecule has 1 amide bonds. The summed E-state index contributed by atoms with van der Waals surface area (Å²) in [5.41, 5.74) is 2.28. The second-order valence-corrected chi connectivity index (χ2v) is 5.07. The molecule has 1 unspecified atom stereocenters. The Bertz CT molecular complexity index is 513. The van der Waals surface area contributed by atoms with Gasteiger partial charge >= 0.3 is 5.97 Å². The van der Waals surface area contributed by atoms with Crippen molar-refractivity contribution in [2.75, 3.05) is 6.61 Å². The molecule has 1 aromatic carbocycles. The first-order valence-electron chi connectivity index (χ1n) is 6.78. The quantitative estimate of drug-likeness (QED) is 0.827. The SMILES string of the molecule is CC(=O)NC(CCC(=O)O)Cc1ccc2c(c1)CCO2. The molecule has 5 nitrogen and oxygen atoms in total. The molecule has 20 heavy (non-hydrogen) atoms. The Labute approximate surface area is 117 Å². The van der Waals surface area contributed by atoms with Gasteiger partial charge in [-0.15, -0.1) is 0 Å². The summed E-state index contributed by atoms with van der Waals surface area (Å²) in [6.45, 7) is 2.16. The summed E-state index contributed by atoms with van der Waals surface area (Å²) in [5, 5.41) is 11.6. The second-order valence-electron chi connectivity index (χ2n) is 5.07. The summed E-state index contributed by atoms with van der Waals surface area (Å²) < 4.78 is 5.45. The molecular weight excluding hydrogens is 258 g/mol. The van der Waals surface area contributed by atoms with Gasteiger partial charge in [0, 0.05) is 25.8 Å². The van der Waals surface area contributed by atoms with Gasteiger partial charge in [0.2, 0.25) is 5.91 Å². The van der Waals surface area contributed by atoms with Crippen LogP contribution in [0.15, 0.2) is 18.2 Å². The number of carboxylic acids is 1. The number of hydrogen-bond donors (Lipinski definition) is 2. The minimum Gasteiger partial charge on any atom is -0.493 e. The van der Waals surface area contributed by atoms with E-state index in [9.17, 15) is 9.59 Å². The number of ether oxygens (including phenoxy) is 1. The maximum absolute atomic E-state index is 11.2. The van der Waals surface area contributed by atoms with Gasteiger partial charge in [-0.1, -0.05) is 12.1 Å². The van der Waals surface area contributed by atoms with Crippen LogP contribution in [0.1, 0.15) is 30.9 Å². The average Bonchev–Trinajstić information content (AvgIpc) is 2.82. The fraction of sp³-hybridized carbons (Fsp3) is 0.467. The third-order valence-corrected chi connectivity index (χ3v) is 3.35. The minimum atomic E-state index is -0.845. The summed E-state index contributed by atoms with van der Waals surface area (Å²) in [7, 11) is 0. The molecule has 2 rings (SSSR count). The smallest absolute Gasteiger partial charge is 0.303 e. The highest BCUT2D eigenvalue weighted by Gasteiger charge is 2.16. The molecule has 5 heteroatoms. The summed E-state index contributed by atoms with van der Waals surface area (Å²) in [5.74, 6) is -0.0528. The zero-order valence-corrected chi connectivity index (χ0v) is 11.5. The van der Waals surface area contributed by atoms with E-state index >= 15 is 0 Å². The van der Waals surface area contributed by atoms with Gasteiger partial charge in [0.05, 0.1) is 6.61 Å². The van der Waals surface area contributed by atoms with Gasteiger partial charge in [0.25, 0.3) is 0 Å². The Morgan fingerprint density at radius 2 is 2.25 bits per heavy atom. The first kappa shape index (κ1) is 14.4. The summed E-state index contributed by atoms with van der Waals surface area (Å²) in [6.07, 6.45) is 2.03. The number of nitrogens with one attached hydrogen (secondary N) is 1. The standard InChI is InChI=1S/C15H19NO4/c1-10(17)16-13(3-5-15(18)19)9-11-2-4-14-12(8-11)6-7-20-14/h2,4,8,13H,3,5-7,9H2,1H3,(H,16,17)(H,18,19). The van der Waals surface area contributed by atoms with Crippen LogP contribution < -0.4 is 10.1 Å². The molecule has 0 saturated carbocycles. The molecule has 108 valence electrons. The van der Waals surface area contributed by atoms with Crippen molar-refractivity contribution >= 4 is 11.9 Å². The van der Waals surface area contributed by atoms with E-state index in [0.29, 0.717) is 19.4 Å². The first-order chi connectivity index (χ1) is 9.54. The van der Waals surface area contributed by atoms with Crippen LogP contribution in [0.4, 0.5) is 0 Å². The number of amides is 1. The average molecular weight is 277 g/mol. The molecule has 0 bridgehead atoms. The number of carbonyl (C=O) groups is 2. The predicted molar refractivity (Wildman–Crippen MR) is 73.8 cm³/mol. The van der Waals surface area contributed by atoms with Gasteiger partial charge in [-0.2, -0.15) is 0 Å². The number of carbonyl (C=O) groups excluding carboxylic acids is 1. The van der Waals surface area contributed by atoms with Gasteiger partial charge in [0.15, 0.2) is 0 Å². The number of benzene rings is 1. The Morgan fingerprint density at radius 3 is 2.95 bits per heavy atom. The molecule has 1 atom stereocenters. The third-order valence-electron chi connectivity index (χ3n) is 3.35. The number of rotatable bonds is 6. The molecule has 0 aliphatic carbocycles. The van der Waals surface area contributed by atoms with Crippen LogP contribution in [0, 0.1) is 0 Å². The minimum absolute atomic E-state index is 0.0546. The van der Waals surface area contributed by atoms with Crippen molar-refractivity contribution in [2.45, 2.75) is 38.6 Å². The summed E-state index contributed by atoms with van der Waals surface area (Å²) >= 11 is 0. The van der Waals surface area contributed by atoms with E-state index in [0.717, 1.165) is 17.7 Å². The highest BCUT2D eigenvalue weighted by atomic mass is 16.5. The van der Waals surface area contributed by atoms with Gasteiger partial charge < -0.3 is 15.2 Å². The molecule has 1 heterocycles. The molecule has 0 spiro atoms. The highest BCUT2D eigenvalue weighted by Crippen LogP contribution is 2.26. The van der Waals surface area contributed by atoms with Gasteiger partial charge in [-0.05, 0) is 30.0 Å². The van der Waals surface area contributed by atoms with Crippen LogP contribution in [0.25, 0.3) is 0 Å². The second kappa shape index (κ2) is 6.41. The van der Waals surface area contributed by atoms with Crippen LogP contribution in [0.2, 0.25) is 0 Å². The van der Waals surface area contributed by atoms with Crippen molar-refractivity contribution in [3.63, 3.8) is 0 Å². The van der Waals surface area contributed by atoms with Gasteiger partial charge in [-0.25, -0.2) is 0 Å². The Hall–Kier alpha value is -2.04. The molecule has 2 N–H and O–H groups in total. The number of carboxylic acid groups (broad SMARTS) is 1. The molecule has 0 radical (unpaired) electrons. The van der Waals surface area contributed by atoms with Crippen LogP contribution >= 0.6 is 0 Å². The maximum atomic E-state index is 11.2. The number of hydrogen-bond acceptors (Lipinski definition) is 3. The van der Waals surface area contributed by atoms with Crippen LogP contribution in [-0.4, -0.2) is 29.6 Å². The van der Waals surface area contributed by atoms with Crippen molar-refractivity contribution in [3.8, 4) is 5.75 Å². The largest absolute Gasteiger partial charge is 0.493 e. The fourth-order valence-electron chi connectivity index (χ4n) is 2.46. The van der Waals surface area contributed by atoms with Crippen LogP contribution in [0.5, 0.6) is 5.75 Å². The molecule has 1 aliphatic heterocycles. The van der Waals surface area contributed by atoms with Crippen molar-refractivity contribution < 1.29 is 19.4 Å². The third kappa shape index (κ3) is 3.98. The van der Waals surface area contributed by atoms with Crippen molar-refractivity contribution in [1.82, 2.24) is 5.32 Å². The molecule has 1 aromatic rings. The molecular formula is C15H19NO4. The van der Waals surface area contributed by atoms with Crippen molar-refractivity contribution in [2.24, 2.45) is 0 Å². The number of fused-ring (bicyclic) bond motifs is 1. The van der Waals surface area contributed by atoms with E-state index in [4.69, 9.17) is 9.84 Å². The lowest BCUT2D eigenvalue weighted by atomic mass is 9.99. The van der Waals surface area contributed by atoms with E-state index in [-0.39, 0.29) is 18.4 Å². The lowest BCUT2D eigenvalue weighted by Gasteiger charge is -2.17. The molecule has 0 aromatic heterocycles. The van der Waals surface area contributed by atoms with Crippen LogP contribution in [-0.2, 0) is 22.4 Å². The van der Waals surface area contributed by atoms with Crippen molar-refractivity contribution in [1.29, 1.82) is 0 Å². The molecule has 0 saturated heterocycles. The fourth-order valence-corrected chi connectivity index (χ4v) is 2.46.